The highest BCUT2D eigenvalue weighted by Gasteiger charge is 2.31. The van der Waals surface area contributed by atoms with Crippen molar-refractivity contribution in [3.8, 4) is 0 Å². The van der Waals surface area contributed by atoms with Crippen LogP contribution in [-0.2, 0) is 27.4 Å². The van der Waals surface area contributed by atoms with Gasteiger partial charge in [-0.05, 0) is 12.5 Å². The normalized spacial score (nSPS) is 21.6. The molecule has 1 aliphatic heterocycles. The van der Waals surface area contributed by atoms with E-state index in [4.69, 9.17) is 9.47 Å². The van der Waals surface area contributed by atoms with Gasteiger partial charge in [0.05, 0.1) is 26.0 Å². The zero-order valence-corrected chi connectivity index (χ0v) is 14.1. The van der Waals surface area contributed by atoms with Gasteiger partial charge in [-0.15, -0.1) is 0 Å². The molecule has 1 unspecified atom stereocenters. The third kappa shape index (κ3) is 4.21. The predicted octanol–water partition coefficient (Wildman–Crippen LogP) is 1.69. The number of morpholine rings is 1. The van der Waals surface area contributed by atoms with Crippen LogP contribution in [0.1, 0.15) is 18.1 Å². The van der Waals surface area contributed by atoms with Crippen LogP contribution in [0.3, 0.4) is 0 Å². The molecule has 3 rings (SSSR count). The summed E-state index contributed by atoms with van der Waals surface area (Å²) in [4.78, 5) is 13.9. The molecule has 1 aromatic carbocycles. The van der Waals surface area contributed by atoms with Gasteiger partial charge in [-0.2, -0.15) is 5.10 Å². The molecule has 1 aromatic heterocycles. The highest BCUT2D eigenvalue weighted by Crippen LogP contribution is 2.15. The second-order valence-corrected chi connectivity index (χ2v) is 6.18. The lowest BCUT2D eigenvalue weighted by Gasteiger charge is -2.35. The molecule has 128 valence electrons. The Balaban J connectivity index is 1.60. The van der Waals surface area contributed by atoms with E-state index in [0.717, 1.165) is 25.2 Å². The molecule has 0 saturated carbocycles. The third-order valence-corrected chi connectivity index (χ3v) is 4.08. The lowest BCUT2D eigenvalue weighted by molar-refractivity contribution is -0.166. The maximum atomic E-state index is 11.7. The molecule has 0 bridgehead atoms. The predicted molar refractivity (Wildman–Crippen MR) is 89.4 cm³/mol. The maximum absolute atomic E-state index is 11.7. The van der Waals surface area contributed by atoms with Crippen LogP contribution in [0.5, 0.6) is 0 Å². The number of rotatable bonds is 5. The van der Waals surface area contributed by atoms with E-state index >= 15 is 0 Å². The summed E-state index contributed by atoms with van der Waals surface area (Å²) in [5.74, 6) is -0.314. The maximum Gasteiger partial charge on any atom is 0.336 e. The Hall–Kier alpha value is -2.18. The molecule has 0 spiro atoms. The van der Waals surface area contributed by atoms with Gasteiger partial charge in [-0.1, -0.05) is 30.3 Å². The summed E-state index contributed by atoms with van der Waals surface area (Å²) < 4.78 is 12.4. The minimum Gasteiger partial charge on any atom is -0.467 e. The van der Waals surface area contributed by atoms with Crippen molar-refractivity contribution in [1.82, 2.24) is 14.7 Å². The topological polar surface area (TPSA) is 56.6 Å². The van der Waals surface area contributed by atoms with E-state index < -0.39 is 6.10 Å². The van der Waals surface area contributed by atoms with Crippen LogP contribution in [0.25, 0.3) is 0 Å². The zero-order valence-electron chi connectivity index (χ0n) is 14.1. The van der Waals surface area contributed by atoms with Gasteiger partial charge in [0.1, 0.15) is 0 Å². The molecule has 0 radical (unpaired) electrons. The molecule has 0 amide bonds. The van der Waals surface area contributed by atoms with Crippen LogP contribution in [0.2, 0.25) is 0 Å². The second-order valence-electron chi connectivity index (χ2n) is 6.18. The van der Waals surface area contributed by atoms with Crippen molar-refractivity contribution in [2.24, 2.45) is 0 Å². The Bertz CT molecular complexity index is 671. The first-order valence-electron chi connectivity index (χ1n) is 8.15. The molecule has 1 aliphatic rings. The first-order chi connectivity index (χ1) is 11.6. The van der Waals surface area contributed by atoms with E-state index in [9.17, 15) is 4.79 Å². The van der Waals surface area contributed by atoms with Crippen LogP contribution in [-0.4, -0.2) is 53.1 Å². The van der Waals surface area contributed by atoms with E-state index in [1.54, 1.807) is 0 Å². The number of esters is 1. The van der Waals surface area contributed by atoms with Gasteiger partial charge < -0.3 is 9.47 Å². The second kappa shape index (κ2) is 7.59. The number of ether oxygens (including phenoxy) is 2. The van der Waals surface area contributed by atoms with Gasteiger partial charge in [-0.25, -0.2) is 4.79 Å². The Morgan fingerprint density at radius 3 is 2.79 bits per heavy atom. The summed E-state index contributed by atoms with van der Waals surface area (Å²) in [5.41, 5.74) is 2.35. The summed E-state index contributed by atoms with van der Waals surface area (Å²) in [6.07, 6.45) is 3.43. The van der Waals surface area contributed by atoms with Gasteiger partial charge >= 0.3 is 5.97 Å². The Morgan fingerprint density at radius 2 is 2.04 bits per heavy atom. The molecule has 6 nitrogen and oxygen atoms in total. The molecule has 6 heteroatoms. The standard InChI is InChI=1S/C18H23N3O3/c1-14-9-20(13-17(24-14)18(22)23-2)10-16-8-19-21(12-16)11-15-6-4-3-5-7-15/h3-8,12,14,17H,9-11,13H2,1-2H3/t14-,17?/m1/s1. The summed E-state index contributed by atoms with van der Waals surface area (Å²) in [6, 6.07) is 10.2. The summed E-state index contributed by atoms with van der Waals surface area (Å²) in [6.45, 7) is 4.81. The molecule has 1 fully saturated rings. The van der Waals surface area contributed by atoms with Crippen molar-refractivity contribution in [3.63, 3.8) is 0 Å². The SMILES string of the molecule is COC(=O)C1CN(Cc2cnn(Cc3ccccc3)c2)C[C@@H](C)O1. The Labute approximate surface area is 142 Å². The van der Waals surface area contributed by atoms with E-state index in [-0.39, 0.29) is 12.1 Å². The summed E-state index contributed by atoms with van der Waals surface area (Å²) >= 11 is 0. The van der Waals surface area contributed by atoms with Crippen molar-refractivity contribution < 1.29 is 14.3 Å². The number of hydrogen-bond acceptors (Lipinski definition) is 5. The quantitative estimate of drug-likeness (QED) is 0.782. The Kier molecular flexibility index (Phi) is 5.27. The van der Waals surface area contributed by atoms with Crippen LogP contribution in [0, 0.1) is 0 Å². The van der Waals surface area contributed by atoms with Crippen LogP contribution in [0.4, 0.5) is 0 Å². The number of carbonyl (C=O) groups is 1. The van der Waals surface area contributed by atoms with Crippen molar-refractivity contribution in [1.29, 1.82) is 0 Å². The molecule has 24 heavy (non-hydrogen) atoms. The molecule has 2 aromatic rings. The van der Waals surface area contributed by atoms with Gasteiger partial charge in [0.15, 0.2) is 6.10 Å². The van der Waals surface area contributed by atoms with E-state index in [1.165, 1.54) is 12.7 Å². The molecule has 2 atom stereocenters. The average molecular weight is 329 g/mol. The number of aromatic nitrogens is 2. The fourth-order valence-corrected chi connectivity index (χ4v) is 3.03. The summed E-state index contributed by atoms with van der Waals surface area (Å²) in [5, 5.41) is 4.43. The number of methoxy groups -OCH3 is 1. The summed E-state index contributed by atoms with van der Waals surface area (Å²) in [7, 11) is 1.39. The lowest BCUT2D eigenvalue weighted by Crippen LogP contribution is -2.49. The first-order valence-corrected chi connectivity index (χ1v) is 8.15. The fraction of sp³-hybridized carbons (Fsp3) is 0.444. The van der Waals surface area contributed by atoms with Crippen LogP contribution >= 0.6 is 0 Å². The van der Waals surface area contributed by atoms with Crippen LogP contribution < -0.4 is 0 Å². The molecular formula is C18H23N3O3. The van der Waals surface area contributed by atoms with Crippen molar-refractivity contribution in [2.45, 2.75) is 32.2 Å². The highest BCUT2D eigenvalue weighted by atomic mass is 16.6. The first kappa shape index (κ1) is 16.7. The smallest absolute Gasteiger partial charge is 0.336 e. The van der Waals surface area contributed by atoms with Crippen molar-refractivity contribution in [2.75, 3.05) is 20.2 Å². The number of benzene rings is 1. The van der Waals surface area contributed by atoms with Gasteiger partial charge in [-0.3, -0.25) is 9.58 Å². The minimum absolute atomic E-state index is 0.00205. The van der Waals surface area contributed by atoms with Crippen molar-refractivity contribution in [3.05, 3.63) is 53.9 Å². The molecular weight excluding hydrogens is 306 g/mol. The zero-order chi connectivity index (χ0) is 16.9. The number of hydrogen-bond donors (Lipinski definition) is 0. The number of nitrogens with zero attached hydrogens (tertiary/aromatic N) is 3. The minimum atomic E-state index is -0.516. The lowest BCUT2D eigenvalue weighted by atomic mass is 10.2. The average Bonchev–Trinajstić information content (AvgIpc) is 3.01. The van der Waals surface area contributed by atoms with Gasteiger partial charge in [0.2, 0.25) is 0 Å². The fourth-order valence-electron chi connectivity index (χ4n) is 3.03. The largest absolute Gasteiger partial charge is 0.467 e. The Morgan fingerprint density at radius 1 is 1.25 bits per heavy atom. The van der Waals surface area contributed by atoms with Gasteiger partial charge in [0, 0.05) is 31.4 Å². The van der Waals surface area contributed by atoms with Crippen LogP contribution in [0.15, 0.2) is 42.7 Å². The third-order valence-electron chi connectivity index (χ3n) is 4.08. The van der Waals surface area contributed by atoms with E-state index in [1.807, 2.05) is 36.0 Å². The monoisotopic (exact) mass is 329 g/mol. The van der Waals surface area contributed by atoms with E-state index in [2.05, 4.69) is 28.3 Å². The molecule has 1 saturated heterocycles. The van der Waals surface area contributed by atoms with Crippen molar-refractivity contribution >= 4 is 5.97 Å². The van der Waals surface area contributed by atoms with Gasteiger partial charge in [0.25, 0.3) is 0 Å². The van der Waals surface area contributed by atoms with E-state index in [0.29, 0.717) is 6.54 Å². The highest BCUT2D eigenvalue weighted by molar-refractivity contribution is 5.74. The number of carbonyl (C=O) groups excluding carboxylic acids is 1. The molecule has 0 aliphatic carbocycles. The molecule has 0 N–H and O–H groups in total. The molecule has 2 heterocycles.